The van der Waals surface area contributed by atoms with Gasteiger partial charge in [0.1, 0.15) is 18.1 Å². The molecule has 0 saturated heterocycles. The summed E-state index contributed by atoms with van der Waals surface area (Å²) in [6.45, 7) is 5.69. The molecule has 4 atom stereocenters. The van der Waals surface area contributed by atoms with E-state index in [4.69, 9.17) is 16.6 Å². The molecule has 0 aliphatic carbocycles. The molecule has 0 aromatic heterocycles. The highest BCUT2D eigenvalue weighted by molar-refractivity contribution is 7.98. The van der Waals surface area contributed by atoms with Gasteiger partial charge in [0.15, 0.2) is 0 Å². The molecule has 11 heteroatoms. The highest BCUT2D eigenvalue weighted by Gasteiger charge is 2.29. The average Bonchev–Trinajstić information content (AvgIpc) is 2.69. The van der Waals surface area contributed by atoms with Crippen LogP contribution in [0.5, 0.6) is 0 Å². The van der Waals surface area contributed by atoms with Gasteiger partial charge in [-0.1, -0.05) is 13.8 Å². The number of nitrogens with two attached hydrogens (primary N) is 2. The molecule has 0 bridgehead atoms. The number of thioether (sulfide) groups is 1. The first-order valence-electron chi connectivity index (χ1n) is 10.6. The summed E-state index contributed by atoms with van der Waals surface area (Å²) in [5.41, 5.74) is 11.4. The number of nitrogens with one attached hydrogen (secondary N) is 3. The summed E-state index contributed by atoms with van der Waals surface area (Å²) in [6.07, 6.45) is 4.28. The van der Waals surface area contributed by atoms with Gasteiger partial charge in [-0.2, -0.15) is 11.8 Å². The van der Waals surface area contributed by atoms with E-state index in [2.05, 4.69) is 16.0 Å². The molecule has 0 aliphatic rings. The number of unbranched alkanes of at least 4 members (excludes halogenated alkanes) is 1. The standard InChI is InChI=1S/C20H39N5O5S/c1-12(2)11-14(22)17(26)24-16(8-10-31-4)19(28)25-15(7-5-6-9-21)18(27)23-13(3)20(29)30/h12-16H,5-11,21-22H2,1-4H3,(H,23,27)(H,24,26)(H,25,28)(H,29,30). The van der Waals surface area contributed by atoms with Gasteiger partial charge in [-0.25, -0.2) is 0 Å². The van der Waals surface area contributed by atoms with Crippen LogP contribution in [0, 0.1) is 5.92 Å². The SMILES string of the molecule is CSCCC(NC(=O)C(N)CC(C)C)C(=O)NC(CCCCN)C(=O)NC(C)C(=O)O. The normalized spacial score (nSPS) is 14.9. The molecule has 0 aromatic rings. The summed E-state index contributed by atoms with van der Waals surface area (Å²) in [5.74, 6) is -1.84. The molecule has 0 rings (SSSR count). The third kappa shape index (κ3) is 12.6. The Hall–Kier alpha value is -1.85. The lowest BCUT2D eigenvalue weighted by Gasteiger charge is -2.25. The van der Waals surface area contributed by atoms with Crippen LogP contribution in [-0.4, -0.2) is 71.5 Å². The molecule has 0 spiro atoms. The quantitative estimate of drug-likeness (QED) is 0.171. The molecule has 4 unspecified atom stereocenters. The fraction of sp³-hybridized carbons (Fsp3) is 0.800. The van der Waals surface area contributed by atoms with Crippen LogP contribution in [0.2, 0.25) is 0 Å². The fourth-order valence-electron chi connectivity index (χ4n) is 2.81. The Balaban J connectivity index is 5.27. The number of rotatable bonds is 16. The van der Waals surface area contributed by atoms with Crippen molar-refractivity contribution in [1.29, 1.82) is 0 Å². The zero-order valence-corrected chi connectivity index (χ0v) is 19.8. The monoisotopic (exact) mass is 461 g/mol. The van der Waals surface area contributed by atoms with Crippen LogP contribution in [0.4, 0.5) is 0 Å². The highest BCUT2D eigenvalue weighted by atomic mass is 32.2. The molecular formula is C20H39N5O5S. The molecule has 180 valence electrons. The topological polar surface area (TPSA) is 177 Å². The largest absolute Gasteiger partial charge is 0.480 e. The molecule has 31 heavy (non-hydrogen) atoms. The average molecular weight is 462 g/mol. The van der Waals surface area contributed by atoms with Crippen molar-refractivity contribution >= 4 is 35.5 Å². The maximum atomic E-state index is 12.9. The molecule has 10 nitrogen and oxygen atoms in total. The predicted molar refractivity (Wildman–Crippen MR) is 122 cm³/mol. The number of amides is 3. The lowest BCUT2D eigenvalue weighted by molar-refractivity contribution is -0.141. The number of hydrogen-bond acceptors (Lipinski definition) is 7. The zero-order chi connectivity index (χ0) is 24.0. The molecule has 0 aromatic carbocycles. The van der Waals surface area contributed by atoms with Crippen LogP contribution in [-0.2, 0) is 19.2 Å². The van der Waals surface area contributed by atoms with E-state index in [1.807, 2.05) is 20.1 Å². The Bertz CT molecular complexity index is 590. The first kappa shape index (κ1) is 29.1. The van der Waals surface area contributed by atoms with Crippen molar-refractivity contribution in [3.8, 4) is 0 Å². The maximum Gasteiger partial charge on any atom is 0.325 e. The molecule has 0 saturated carbocycles. The van der Waals surface area contributed by atoms with E-state index >= 15 is 0 Å². The van der Waals surface area contributed by atoms with Crippen LogP contribution >= 0.6 is 11.8 Å². The van der Waals surface area contributed by atoms with E-state index in [0.29, 0.717) is 44.4 Å². The smallest absolute Gasteiger partial charge is 0.325 e. The van der Waals surface area contributed by atoms with Gasteiger partial charge in [0, 0.05) is 0 Å². The first-order valence-corrected chi connectivity index (χ1v) is 12.0. The fourth-order valence-corrected chi connectivity index (χ4v) is 3.28. The van der Waals surface area contributed by atoms with E-state index < -0.39 is 47.9 Å². The van der Waals surface area contributed by atoms with Gasteiger partial charge >= 0.3 is 5.97 Å². The molecule has 0 fully saturated rings. The number of carboxylic acids is 1. The van der Waals surface area contributed by atoms with Crippen molar-refractivity contribution in [1.82, 2.24) is 16.0 Å². The van der Waals surface area contributed by atoms with Gasteiger partial charge in [-0.15, -0.1) is 0 Å². The van der Waals surface area contributed by atoms with Gasteiger partial charge in [-0.3, -0.25) is 19.2 Å². The second-order valence-electron chi connectivity index (χ2n) is 7.99. The predicted octanol–water partition coefficient (Wildman–Crippen LogP) is -0.199. The van der Waals surface area contributed by atoms with Crippen LogP contribution in [0.3, 0.4) is 0 Å². The van der Waals surface area contributed by atoms with E-state index in [9.17, 15) is 19.2 Å². The highest BCUT2D eigenvalue weighted by Crippen LogP contribution is 2.07. The van der Waals surface area contributed by atoms with Crippen LogP contribution in [0.25, 0.3) is 0 Å². The van der Waals surface area contributed by atoms with E-state index in [0.717, 1.165) is 0 Å². The van der Waals surface area contributed by atoms with Crippen molar-refractivity contribution in [3.63, 3.8) is 0 Å². The third-order valence-electron chi connectivity index (χ3n) is 4.61. The minimum absolute atomic E-state index is 0.228. The van der Waals surface area contributed by atoms with Crippen molar-refractivity contribution in [2.24, 2.45) is 17.4 Å². The zero-order valence-electron chi connectivity index (χ0n) is 19.0. The Labute approximate surface area is 189 Å². The van der Waals surface area contributed by atoms with E-state index in [1.54, 1.807) is 0 Å². The van der Waals surface area contributed by atoms with Crippen LogP contribution in [0.15, 0.2) is 0 Å². The number of carbonyl (C=O) groups excluding carboxylic acids is 3. The van der Waals surface area contributed by atoms with E-state index in [1.165, 1.54) is 18.7 Å². The summed E-state index contributed by atoms with van der Waals surface area (Å²) >= 11 is 1.53. The summed E-state index contributed by atoms with van der Waals surface area (Å²) in [7, 11) is 0. The van der Waals surface area contributed by atoms with Crippen molar-refractivity contribution < 1.29 is 24.3 Å². The van der Waals surface area contributed by atoms with Crippen LogP contribution < -0.4 is 27.4 Å². The van der Waals surface area contributed by atoms with Gasteiger partial charge < -0.3 is 32.5 Å². The lowest BCUT2D eigenvalue weighted by Crippen LogP contribution is -2.57. The minimum Gasteiger partial charge on any atom is -0.480 e. The van der Waals surface area contributed by atoms with Gasteiger partial charge in [0.05, 0.1) is 6.04 Å². The summed E-state index contributed by atoms with van der Waals surface area (Å²) in [5, 5.41) is 16.8. The molecule has 0 radical (unpaired) electrons. The molecular weight excluding hydrogens is 422 g/mol. The lowest BCUT2D eigenvalue weighted by atomic mass is 10.0. The second-order valence-corrected chi connectivity index (χ2v) is 8.98. The van der Waals surface area contributed by atoms with Crippen molar-refractivity contribution in [2.75, 3.05) is 18.6 Å². The number of aliphatic carboxylic acids is 1. The number of carbonyl (C=O) groups is 4. The molecule has 0 aliphatic heterocycles. The summed E-state index contributed by atoms with van der Waals surface area (Å²) in [6, 6.07) is -3.61. The molecule has 8 N–H and O–H groups in total. The maximum absolute atomic E-state index is 12.9. The first-order chi connectivity index (χ1) is 14.5. The summed E-state index contributed by atoms with van der Waals surface area (Å²) < 4.78 is 0. The van der Waals surface area contributed by atoms with Gasteiger partial charge in [0.25, 0.3) is 0 Å². The molecule has 3 amide bonds. The van der Waals surface area contributed by atoms with Gasteiger partial charge in [-0.05, 0) is 63.5 Å². The number of carboxylic acid groups (broad SMARTS) is 1. The number of hydrogen-bond donors (Lipinski definition) is 6. The minimum atomic E-state index is -1.18. The third-order valence-corrected chi connectivity index (χ3v) is 5.26. The van der Waals surface area contributed by atoms with Gasteiger partial charge in [0.2, 0.25) is 17.7 Å². The summed E-state index contributed by atoms with van der Waals surface area (Å²) in [4.78, 5) is 48.9. The Morgan fingerprint density at radius 3 is 1.97 bits per heavy atom. The van der Waals surface area contributed by atoms with Crippen molar-refractivity contribution in [2.45, 2.75) is 77.0 Å². The Morgan fingerprint density at radius 1 is 0.903 bits per heavy atom. The molecule has 0 heterocycles. The van der Waals surface area contributed by atoms with Crippen LogP contribution in [0.1, 0.15) is 52.9 Å². The van der Waals surface area contributed by atoms with E-state index in [-0.39, 0.29) is 5.92 Å². The Kier molecular flexibility index (Phi) is 14.9. The second kappa shape index (κ2) is 15.9. The van der Waals surface area contributed by atoms with Crippen molar-refractivity contribution in [3.05, 3.63) is 0 Å². The Morgan fingerprint density at radius 2 is 1.45 bits per heavy atom.